The fourth-order valence-corrected chi connectivity index (χ4v) is 3.97. The molecule has 0 radical (unpaired) electrons. The van der Waals surface area contributed by atoms with Crippen LogP contribution in [0, 0.1) is 6.92 Å². The van der Waals surface area contributed by atoms with Crippen molar-refractivity contribution in [3.05, 3.63) is 56.5 Å². The van der Waals surface area contributed by atoms with Gasteiger partial charge < -0.3 is 9.47 Å². The molecular weight excluding hydrogens is 504 g/mol. The van der Waals surface area contributed by atoms with Gasteiger partial charge in [-0.25, -0.2) is 0 Å². The van der Waals surface area contributed by atoms with Gasteiger partial charge in [-0.1, -0.05) is 48.8 Å². The fourth-order valence-electron chi connectivity index (χ4n) is 2.42. The second-order valence-corrected chi connectivity index (χ2v) is 9.25. The zero-order chi connectivity index (χ0) is 21.6. The van der Waals surface area contributed by atoms with Gasteiger partial charge in [0.25, 0.3) is 11.8 Å². The van der Waals surface area contributed by atoms with Crippen LogP contribution in [0.3, 0.4) is 0 Å². The summed E-state index contributed by atoms with van der Waals surface area (Å²) in [6.45, 7) is 7.79. The second-order valence-electron chi connectivity index (χ2n) is 7.48. The molecule has 2 amide bonds. The van der Waals surface area contributed by atoms with Gasteiger partial charge in [-0.3, -0.25) is 20.4 Å². The molecule has 2 N–H and O–H groups in total. The summed E-state index contributed by atoms with van der Waals surface area (Å²) in [6, 6.07) is 11.3. The minimum atomic E-state index is -0.484. The molecule has 156 valence electrons. The molecule has 0 bridgehead atoms. The minimum absolute atomic E-state index is 0.0482. The highest BCUT2D eigenvalue weighted by Crippen LogP contribution is 2.32. The van der Waals surface area contributed by atoms with Crippen LogP contribution in [-0.4, -0.2) is 25.0 Å². The molecular formula is C21H24Br2N2O4. The number of nitrogens with one attached hydrogen (secondary N) is 2. The topological polar surface area (TPSA) is 76.7 Å². The summed E-state index contributed by atoms with van der Waals surface area (Å²) < 4.78 is 12.6. The number of ether oxygens (including phenoxy) is 2. The molecule has 0 unspecified atom stereocenters. The number of benzene rings is 2. The van der Waals surface area contributed by atoms with Crippen molar-refractivity contribution in [2.75, 3.05) is 13.2 Å². The van der Waals surface area contributed by atoms with Gasteiger partial charge in [0.2, 0.25) is 0 Å². The maximum Gasteiger partial charge on any atom is 0.276 e. The number of aryl methyl sites for hydroxylation is 1. The molecule has 0 aliphatic carbocycles. The molecule has 0 aliphatic rings. The number of hydrogen-bond acceptors (Lipinski definition) is 4. The predicted octanol–water partition coefficient (Wildman–Crippen LogP) is 4.42. The molecule has 8 heteroatoms. The van der Waals surface area contributed by atoms with Crippen molar-refractivity contribution in [2.45, 2.75) is 33.1 Å². The van der Waals surface area contributed by atoms with Gasteiger partial charge in [0.1, 0.15) is 11.5 Å². The van der Waals surface area contributed by atoms with Gasteiger partial charge in [-0.05, 0) is 63.7 Å². The van der Waals surface area contributed by atoms with Crippen LogP contribution < -0.4 is 20.3 Å². The van der Waals surface area contributed by atoms with E-state index in [1.165, 1.54) is 5.56 Å². The highest BCUT2D eigenvalue weighted by molar-refractivity contribution is 9.11. The molecule has 2 aromatic rings. The van der Waals surface area contributed by atoms with E-state index in [1.807, 2.05) is 43.3 Å². The third kappa shape index (κ3) is 7.36. The first-order valence-electron chi connectivity index (χ1n) is 8.95. The smallest absolute Gasteiger partial charge is 0.276 e. The van der Waals surface area contributed by atoms with E-state index < -0.39 is 11.8 Å². The number of hydrogen-bond donors (Lipinski definition) is 2. The number of amides is 2. The lowest BCUT2D eigenvalue weighted by Gasteiger charge is -2.19. The molecule has 0 saturated heterocycles. The molecule has 0 saturated carbocycles. The third-order valence-corrected chi connectivity index (χ3v) is 5.02. The Morgan fingerprint density at radius 1 is 0.931 bits per heavy atom. The van der Waals surface area contributed by atoms with Crippen LogP contribution in [0.1, 0.15) is 31.9 Å². The first kappa shape index (κ1) is 23.2. The van der Waals surface area contributed by atoms with Crippen LogP contribution in [0.5, 0.6) is 11.5 Å². The molecule has 0 aliphatic heterocycles. The summed E-state index contributed by atoms with van der Waals surface area (Å²) in [5.41, 5.74) is 6.69. The third-order valence-electron chi connectivity index (χ3n) is 3.97. The van der Waals surface area contributed by atoms with Crippen molar-refractivity contribution in [3.63, 3.8) is 0 Å². The molecule has 0 atom stereocenters. The van der Waals surface area contributed by atoms with Crippen molar-refractivity contribution in [1.29, 1.82) is 0 Å². The van der Waals surface area contributed by atoms with Crippen LogP contribution in [0.4, 0.5) is 0 Å². The Hall–Kier alpha value is -2.06. The van der Waals surface area contributed by atoms with Crippen molar-refractivity contribution < 1.29 is 19.1 Å². The number of rotatable bonds is 6. The highest BCUT2D eigenvalue weighted by Gasteiger charge is 2.14. The van der Waals surface area contributed by atoms with E-state index in [0.717, 1.165) is 14.5 Å². The Morgan fingerprint density at radius 3 is 2.00 bits per heavy atom. The number of halogens is 2. The van der Waals surface area contributed by atoms with E-state index in [-0.39, 0.29) is 18.6 Å². The molecule has 0 fully saturated rings. The van der Waals surface area contributed by atoms with Crippen molar-refractivity contribution in [2.24, 2.45) is 0 Å². The van der Waals surface area contributed by atoms with Crippen molar-refractivity contribution in [3.8, 4) is 11.5 Å². The molecule has 2 aromatic carbocycles. The SMILES string of the molecule is Cc1cc(Br)cc(Br)c1OCC(=O)NNC(=O)COc1ccc(C(C)(C)C)cc1. The summed E-state index contributed by atoms with van der Waals surface area (Å²) in [4.78, 5) is 23.8. The summed E-state index contributed by atoms with van der Waals surface area (Å²) in [5.74, 6) is 0.191. The van der Waals surface area contributed by atoms with Gasteiger partial charge in [-0.2, -0.15) is 0 Å². The summed E-state index contributed by atoms with van der Waals surface area (Å²) in [6.07, 6.45) is 0. The normalized spacial score (nSPS) is 11.0. The van der Waals surface area contributed by atoms with E-state index >= 15 is 0 Å². The van der Waals surface area contributed by atoms with Gasteiger partial charge in [-0.15, -0.1) is 0 Å². The summed E-state index contributed by atoms with van der Waals surface area (Å²) in [7, 11) is 0. The lowest BCUT2D eigenvalue weighted by Crippen LogP contribution is -2.45. The second kappa shape index (κ2) is 10.1. The molecule has 0 aromatic heterocycles. The fraction of sp³-hybridized carbons (Fsp3) is 0.333. The first-order chi connectivity index (χ1) is 13.6. The average molecular weight is 528 g/mol. The van der Waals surface area contributed by atoms with Crippen LogP contribution in [0.15, 0.2) is 45.3 Å². The Kier molecular flexibility index (Phi) is 8.10. The average Bonchev–Trinajstić information content (AvgIpc) is 2.63. The summed E-state index contributed by atoms with van der Waals surface area (Å²) >= 11 is 6.78. The number of carbonyl (C=O) groups excluding carboxylic acids is 2. The van der Waals surface area contributed by atoms with E-state index in [2.05, 4.69) is 63.5 Å². The molecule has 6 nitrogen and oxygen atoms in total. The molecule has 2 rings (SSSR count). The zero-order valence-electron chi connectivity index (χ0n) is 16.8. The quantitative estimate of drug-likeness (QED) is 0.545. The Bertz CT molecular complexity index is 854. The zero-order valence-corrected chi connectivity index (χ0v) is 19.9. The van der Waals surface area contributed by atoms with E-state index in [4.69, 9.17) is 9.47 Å². The lowest BCUT2D eigenvalue weighted by molar-refractivity contribution is -0.131. The molecule has 29 heavy (non-hydrogen) atoms. The number of carbonyl (C=O) groups is 2. The van der Waals surface area contributed by atoms with E-state index in [9.17, 15) is 9.59 Å². The Labute approximate surface area is 187 Å². The first-order valence-corrected chi connectivity index (χ1v) is 10.5. The van der Waals surface area contributed by atoms with Crippen LogP contribution in [0.25, 0.3) is 0 Å². The van der Waals surface area contributed by atoms with E-state index in [0.29, 0.717) is 11.5 Å². The van der Waals surface area contributed by atoms with Crippen LogP contribution in [0.2, 0.25) is 0 Å². The summed E-state index contributed by atoms with van der Waals surface area (Å²) in [5, 5.41) is 0. The maximum atomic E-state index is 11.9. The minimum Gasteiger partial charge on any atom is -0.484 e. The van der Waals surface area contributed by atoms with Gasteiger partial charge in [0.15, 0.2) is 13.2 Å². The van der Waals surface area contributed by atoms with Gasteiger partial charge in [0.05, 0.1) is 4.47 Å². The largest absolute Gasteiger partial charge is 0.484 e. The van der Waals surface area contributed by atoms with Gasteiger partial charge in [0, 0.05) is 4.47 Å². The Morgan fingerprint density at radius 2 is 1.48 bits per heavy atom. The standard InChI is InChI=1S/C21H24Br2N2O4/c1-13-9-15(22)10-17(23)20(13)29-12-19(27)25-24-18(26)11-28-16-7-5-14(6-8-16)21(2,3)4/h5-10H,11-12H2,1-4H3,(H,24,26)(H,25,27). The van der Waals surface area contributed by atoms with Crippen LogP contribution in [-0.2, 0) is 15.0 Å². The highest BCUT2D eigenvalue weighted by atomic mass is 79.9. The lowest BCUT2D eigenvalue weighted by atomic mass is 9.87. The monoisotopic (exact) mass is 526 g/mol. The Balaban J connectivity index is 1.74. The van der Waals surface area contributed by atoms with Crippen LogP contribution >= 0.6 is 31.9 Å². The maximum absolute atomic E-state index is 11.9. The molecule has 0 spiro atoms. The molecule has 0 heterocycles. The van der Waals surface area contributed by atoms with Crippen molar-refractivity contribution in [1.82, 2.24) is 10.9 Å². The number of hydrazine groups is 1. The predicted molar refractivity (Wildman–Crippen MR) is 119 cm³/mol. The van der Waals surface area contributed by atoms with Crippen molar-refractivity contribution >= 4 is 43.7 Å². The van der Waals surface area contributed by atoms with E-state index in [1.54, 1.807) is 0 Å². The van der Waals surface area contributed by atoms with Gasteiger partial charge >= 0.3 is 0 Å².